The first-order valence-electron chi connectivity index (χ1n) is 16.7. The van der Waals surface area contributed by atoms with Gasteiger partial charge in [-0.05, 0) is 57.3 Å². The molecule has 0 unspecified atom stereocenters. The summed E-state index contributed by atoms with van der Waals surface area (Å²) in [7, 11) is 2.06. The van der Waals surface area contributed by atoms with Gasteiger partial charge in [0.25, 0.3) is 0 Å². The predicted octanol–water partition coefficient (Wildman–Crippen LogP) is 7.90. The van der Waals surface area contributed by atoms with E-state index in [1.807, 2.05) is 17.0 Å². The Morgan fingerprint density at radius 2 is 1.88 bits per heavy atom. The van der Waals surface area contributed by atoms with E-state index >= 15 is 4.39 Å². The van der Waals surface area contributed by atoms with E-state index in [0.717, 1.165) is 30.6 Å². The van der Waals surface area contributed by atoms with Crippen molar-refractivity contribution in [2.45, 2.75) is 45.4 Å². The Labute approximate surface area is 299 Å². The number of amides is 1. The molecule has 1 saturated heterocycles. The molecule has 5 aromatic rings. The molecule has 0 saturated carbocycles. The molecule has 3 aromatic carbocycles. The highest BCUT2D eigenvalue weighted by Gasteiger charge is 2.37. The number of carbonyl (C=O) groups excluding carboxylic acids is 1. The molecular weight excluding hydrogens is 676 g/mol. The van der Waals surface area contributed by atoms with Crippen LogP contribution >= 0.6 is 11.6 Å². The summed E-state index contributed by atoms with van der Waals surface area (Å²) in [5.74, 6) is -0.457. The average molecular weight is 712 g/mol. The average Bonchev–Trinajstić information content (AvgIpc) is 3.09. The van der Waals surface area contributed by atoms with Crippen molar-refractivity contribution in [1.29, 1.82) is 0 Å². The van der Waals surface area contributed by atoms with Crippen molar-refractivity contribution < 1.29 is 23.0 Å². The number of benzene rings is 3. The van der Waals surface area contributed by atoms with Gasteiger partial charge < -0.3 is 24.1 Å². The first-order chi connectivity index (χ1) is 24.4. The summed E-state index contributed by atoms with van der Waals surface area (Å²) in [6, 6.07) is 13.2. The zero-order valence-corrected chi connectivity index (χ0v) is 29.5. The molecule has 1 atom stereocenters. The number of piperazine rings is 1. The molecule has 0 radical (unpaired) electrons. The first-order valence-corrected chi connectivity index (χ1v) is 17.1. The maximum absolute atomic E-state index is 16.9. The summed E-state index contributed by atoms with van der Waals surface area (Å²) in [4.78, 5) is 36.4. The van der Waals surface area contributed by atoms with Crippen molar-refractivity contribution in [2.75, 3.05) is 44.7 Å². The standard InChI is InChI=1S/C38H36ClF2N7O3/c1-38(2,3)51-37(49)48-17-16-47(21-24(48)18-42-4)35-27-19-43-33(26-10-6-8-22-12-13-28(40)31(39)30(22)26)32(41)34(27)44-36(45-35)50-29-11-7-9-23-20-46(5)15-14-25(23)29/h6-13,19,24H,14-18,20-21H2,1-3,5H3/t24-/m0/s1. The molecule has 1 fully saturated rings. The van der Waals surface area contributed by atoms with Crippen molar-refractivity contribution in [3.8, 4) is 23.0 Å². The second kappa shape index (κ2) is 13.5. The van der Waals surface area contributed by atoms with Gasteiger partial charge in [0.1, 0.15) is 40.2 Å². The number of nitrogens with zero attached hydrogens (tertiary/aromatic N) is 7. The normalized spacial score (nSPS) is 16.6. The fraction of sp³-hybridized carbons (Fsp3) is 0.342. The SMILES string of the molecule is [C-]#[N+]C[C@H]1CN(c2nc(Oc3cccc4c3CCN(C)C4)nc3c(F)c(-c4cccc5ccc(F)c(Cl)c45)ncc23)CCN1C(=O)OC(C)(C)C. The van der Waals surface area contributed by atoms with Gasteiger partial charge in [0, 0.05) is 55.4 Å². The second-order valence-corrected chi connectivity index (χ2v) is 14.3. The number of aromatic nitrogens is 3. The second-order valence-electron chi connectivity index (χ2n) is 13.9. The summed E-state index contributed by atoms with van der Waals surface area (Å²) in [6.07, 6.45) is 1.74. The number of hydrogen-bond donors (Lipinski definition) is 0. The van der Waals surface area contributed by atoms with Crippen LogP contribution in [0.5, 0.6) is 11.8 Å². The topological polar surface area (TPSA) is 88.3 Å². The molecule has 0 bridgehead atoms. The Kier molecular flexibility index (Phi) is 9.12. The maximum Gasteiger partial charge on any atom is 0.410 e. The largest absolute Gasteiger partial charge is 0.444 e. The van der Waals surface area contributed by atoms with Crippen molar-refractivity contribution in [3.63, 3.8) is 0 Å². The summed E-state index contributed by atoms with van der Waals surface area (Å²) >= 11 is 6.43. The Morgan fingerprint density at radius 1 is 1.08 bits per heavy atom. The third-order valence-electron chi connectivity index (χ3n) is 9.16. The van der Waals surface area contributed by atoms with Crippen LogP contribution in [-0.2, 0) is 17.7 Å². The number of carbonyl (C=O) groups is 1. The highest BCUT2D eigenvalue weighted by Crippen LogP contribution is 2.39. The van der Waals surface area contributed by atoms with E-state index in [1.165, 1.54) is 12.3 Å². The lowest BCUT2D eigenvalue weighted by molar-refractivity contribution is 0.0155. The number of halogens is 3. The third kappa shape index (κ3) is 6.71. The van der Waals surface area contributed by atoms with Crippen LogP contribution < -0.4 is 9.64 Å². The van der Waals surface area contributed by atoms with Crippen LogP contribution in [0.1, 0.15) is 31.9 Å². The molecule has 0 spiro atoms. The van der Waals surface area contributed by atoms with Crippen molar-refractivity contribution in [1.82, 2.24) is 24.8 Å². The van der Waals surface area contributed by atoms with E-state index in [2.05, 4.69) is 32.8 Å². The summed E-state index contributed by atoms with van der Waals surface area (Å²) < 4.78 is 43.6. The lowest BCUT2D eigenvalue weighted by atomic mass is 9.99. The Morgan fingerprint density at radius 3 is 2.67 bits per heavy atom. The molecule has 13 heteroatoms. The monoisotopic (exact) mass is 711 g/mol. The van der Waals surface area contributed by atoms with Crippen molar-refractivity contribution >= 4 is 45.2 Å². The van der Waals surface area contributed by atoms with Crippen LogP contribution in [0.25, 0.3) is 37.8 Å². The highest BCUT2D eigenvalue weighted by molar-refractivity contribution is 6.36. The van der Waals surface area contributed by atoms with Crippen LogP contribution in [-0.4, -0.2) is 82.3 Å². The zero-order valence-electron chi connectivity index (χ0n) is 28.7. The van der Waals surface area contributed by atoms with E-state index in [4.69, 9.17) is 32.6 Å². The predicted molar refractivity (Wildman–Crippen MR) is 192 cm³/mol. The van der Waals surface area contributed by atoms with E-state index in [1.54, 1.807) is 49.9 Å². The minimum absolute atomic E-state index is 0.0296. The van der Waals surface area contributed by atoms with E-state index in [-0.39, 0.29) is 41.9 Å². The molecule has 7 rings (SSSR count). The lowest BCUT2D eigenvalue weighted by Gasteiger charge is -2.40. The summed E-state index contributed by atoms with van der Waals surface area (Å²) in [5.41, 5.74) is 1.65. The van der Waals surface area contributed by atoms with Crippen molar-refractivity contribution in [2.24, 2.45) is 0 Å². The molecular formula is C38H36ClF2N7O3. The fourth-order valence-electron chi connectivity index (χ4n) is 6.78. The van der Waals surface area contributed by atoms with Gasteiger partial charge >= 0.3 is 12.1 Å². The van der Waals surface area contributed by atoms with E-state index < -0.39 is 29.4 Å². The highest BCUT2D eigenvalue weighted by atomic mass is 35.5. The van der Waals surface area contributed by atoms with Gasteiger partial charge in [-0.15, -0.1) is 0 Å². The van der Waals surface area contributed by atoms with E-state index in [9.17, 15) is 9.18 Å². The van der Waals surface area contributed by atoms with Gasteiger partial charge in [0.2, 0.25) is 6.54 Å². The number of ether oxygens (including phenoxy) is 2. The number of anilines is 1. The van der Waals surface area contributed by atoms with Gasteiger partial charge in [-0.1, -0.05) is 48.0 Å². The molecule has 4 heterocycles. The molecule has 262 valence electrons. The molecule has 0 aliphatic carbocycles. The van der Waals surface area contributed by atoms with Crippen LogP contribution in [0, 0.1) is 18.2 Å². The van der Waals surface area contributed by atoms with Crippen LogP contribution in [0.3, 0.4) is 0 Å². The maximum atomic E-state index is 16.9. The van der Waals surface area contributed by atoms with Crippen molar-refractivity contribution in [3.05, 3.63) is 93.9 Å². The van der Waals surface area contributed by atoms with Gasteiger partial charge in [0.05, 0.1) is 10.4 Å². The van der Waals surface area contributed by atoms with Gasteiger partial charge in [-0.2, -0.15) is 9.97 Å². The number of rotatable bonds is 5. The minimum Gasteiger partial charge on any atom is -0.444 e. The number of hydrogen-bond acceptors (Lipinski definition) is 8. The molecule has 2 aliphatic rings. The van der Waals surface area contributed by atoms with Gasteiger partial charge in [-0.25, -0.2) is 20.1 Å². The molecule has 10 nitrogen and oxygen atoms in total. The smallest absolute Gasteiger partial charge is 0.410 e. The first kappa shape index (κ1) is 34.3. The summed E-state index contributed by atoms with van der Waals surface area (Å²) in [5, 5.41) is 1.13. The minimum atomic E-state index is -0.754. The van der Waals surface area contributed by atoms with Crippen LogP contribution in [0.4, 0.5) is 19.4 Å². The van der Waals surface area contributed by atoms with Gasteiger partial charge in [-0.3, -0.25) is 9.88 Å². The summed E-state index contributed by atoms with van der Waals surface area (Å²) in [6.45, 7) is 15.4. The Bertz CT molecular complexity index is 2220. The number of pyridine rings is 1. The molecule has 2 aromatic heterocycles. The molecule has 2 aliphatic heterocycles. The molecule has 1 amide bonds. The lowest BCUT2D eigenvalue weighted by Crippen LogP contribution is -2.57. The quantitative estimate of drug-likeness (QED) is 0.170. The molecule has 0 N–H and O–H groups in total. The van der Waals surface area contributed by atoms with Crippen LogP contribution in [0.2, 0.25) is 5.02 Å². The van der Waals surface area contributed by atoms with Crippen LogP contribution in [0.15, 0.2) is 54.7 Å². The number of likely N-dealkylation sites (N-methyl/N-ethyl adjacent to an activating group) is 1. The zero-order chi connectivity index (χ0) is 36.0. The van der Waals surface area contributed by atoms with Gasteiger partial charge in [0.15, 0.2) is 5.82 Å². The Balaban J connectivity index is 1.36. The third-order valence-corrected chi connectivity index (χ3v) is 9.53. The Hall–Kier alpha value is -5.12. The fourth-order valence-corrected chi connectivity index (χ4v) is 7.06. The van der Waals surface area contributed by atoms with E-state index in [0.29, 0.717) is 39.8 Å². The number of fused-ring (bicyclic) bond motifs is 3. The molecule has 51 heavy (non-hydrogen) atoms.